The minimum atomic E-state index is -0.0475. The lowest BCUT2D eigenvalue weighted by atomic mass is 10.1. The van der Waals surface area contributed by atoms with E-state index in [2.05, 4.69) is 10.6 Å². The van der Waals surface area contributed by atoms with Gasteiger partial charge in [-0.15, -0.1) is 11.8 Å². The molecule has 0 saturated heterocycles. The quantitative estimate of drug-likeness (QED) is 0.702. The Hall–Kier alpha value is -2.27. The summed E-state index contributed by atoms with van der Waals surface area (Å²) in [5.41, 5.74) is 3.93. The first-order valence-electron chi connectivity index (χ1n) is 8.37. The smallest absolute Gasteiger partial charge is 0.234 e. The molecule has 0 bridgehead atoms. The summed E-state index contributed by atoms with van der Waals surface area (Å²) in [5.74, 6) is 0.282. The predicted molar refractivity (Wildman–Crippen MR) is 105 cm³/mol. The number of thioether (sulfide) groups is 1. The average molecular weight is 356 g/mol. The van der Waals surface area contributed by atoms with Gasteiger partial charge in [-0.05, 0) is 61.7 Å². The summed E-state index contributed by atoms with van der Waals surface area (Å²) in [7, 11) is 0. The Morgan fingerprint density at radius 1 is 0.920 bits per heavy atom. The van der Waals surface area contributed by atoms with Crippen LogP contribution in [0.15, 0.2) is 47.4 Å². The Balaban J connectivity index is 1.88. The van der Waals surface area contributed by atoms with E-state index in [4.69, 9.17) is 0 Å². The zero-order valence-electron chi connectivity index (χ0n) is 14.9. The third kappa shape index (κ3) is 6.27. The summed E-state index contributed by atoms with van der Waals surface area (Å²) >= 11 is 1.45. The second-order valence-corrected chi connectivity index (χ2v) is 7.01. The van der Waals surface area contributed by atoms with Gasteiger partial charge in [0.05, 0.1) is 5.75 Å². The molecule has 0 aliphatic carbocycles. The lowest BCUT2D eigenvalue weighted by Gasteiger charge is -2.09. The number of aryl methyl sites for hydroxylation is 2. The Bertz CT molecular complexity index is 759. The minimum absolute atomic E-state index is 0.0112. The molecule has 0 aliphatic heterocycles. The normalized spacial score (nSPS) is 10.4. The molecule has 0 aliphatic rings. The number of hydrogen-bond donors (Lipinski definition) is 2. The summed E-state index contributed by atoms with van der Waals surface area (Å²) in [6.07, 6.45) is 1.33. The summed E-state index contributed by atoms with van der Waals surface area (Å²) in [6.45, 7) is 6.04. The monoisotopic (exact) mass is 356 g/mol. The van der Waals surface area contributed by atoms with E-state index in [0.717, 1.165) is 28.3 Å². The first-order chi connectivity index (χ1) is 12.0. The molecule has 0 saturated carbocycles. The lowest BCUT2D eigenvalue weighted by Crippen LogP contribution is -2.14. The number of nitrogens with one attached hydrogen (secondary N) is 2. The maximum absolute atomic E-state index is 12.1. The van der Waals surface area contributed by atoms with E-state index >= 15 is 0 Å². The van der Waals surface area contributed by atoms with Crippen LogP contribution in [0.5, 0.6) is 0 Å². The van der Waals surface area contributed by atoms with Crippen LogP contribution in [0.3, 0.4) is 0 Å². The molecule has 25 heavy (non-hydrogen) atoms. The molecule has 5 heteroatoms. The Labute approximate surface area is 153 Å². The average Bonchev–Trinajstić information content (AvgIpc) is 2.57. The number of hydrogen-bond acceptors (Lipinski definition) is 3. The third-order valence-corrected chi connectivity index (χ3v) is 4.75. The molecular formula is C20H24N2O2S. The van der Waals surface area contributed by atoms with Crippen LogP contribution in [0.25, 0.3) is 0 Å². The van der Waals surface area contributed by atoms with Gasteiger partial charge in [-0.3, -0.25) is 9.59 Å². The maximum Gasteiger partial charge on any atom is 0.234 e. The van der Waals surface area contributed by atoms with Gasteiger partial charge in [0, 0.05) is 22.7 Å². The van der Waals surface area contributed by atoms with Gasteiger partial charge in [-0.2, -0.15) is 0 Å². The number of anilines is 2. The van der Waals surface area contributed by atoms with Crippen molar-refractivity contribution in [3.8, 4) is 0 Å². The molecule has 0 fully saturated rings. The van der Waals surface area contributed by atoms with Gasteiger partial charge in [0.15, 0.2) is 0 Å². The van der Waals surface area contributed by atoms with Crippen molar-refractivity contribution in [1.82, 2.24) is 0 Å². The molecule has 132 valence electrons. The Kier molecular flexibility index (Phi) is 7.07. The fourth-order valence-corrected chi connectivity index (χ4v) is 3.03. The molecule has 0 spiro atoms. The Morgan fingerprint density at radius 2 is 1.64 bits per heavy atom. The molecule has 2 amide bonds. The minimum Gasteiger partial charge on any atom is -0.326 e. The van der Waals surface area contributed by atoms with Crippen LogP contribution in [0.1, 0.15) is 30.9 Å². The van der Waals surface area contributed by atoms with E-state index in [9.17, 15) is 9.59 Å². The lowest BCUT2D eigenvalue weighted by molar-refractivity contribution is -0.116. The van der Waals surface area contributed by atoms with Gasteiger partial charge in [-0.1, -0.05) is 19.1 Å². The van der Waals surface area contributed by atoms with Gasteiger partial charge in [0.25, 0.3) is 0 Å². The van der Waals surface area contributed by atoms with E-state index < -0.39 is 0 Å². The summed E-state index contributed by atoms with van der Waals surface area (Å²) < 4.78 is 0. The van der Waals surface area contributed by atoms with Gasteiger partial charge < -0.3 is 10.6 Å². The number of carbonyl (C=O) groups excluding carboxylic acids is 2. The summed E-state index contributed by atoms with van der Waals surface area (Å²) in [5, 5.41) is 5.78. The Morgan fingerprint density at radius 3 is 2.36 bits per heavy atom. The SMILES string of the molecule is CCCC(=O)Nc1cccc(SCC(=O)Nc2ccc(C)c(C)c2)c1. The predicted octanol–water partition coefficient (Wildman–Crippen LogP) is 4.77. The second-order valence-electron chi connectivity index (χ2n) is 5.96. The molecule has 0 heterocycles. The molecule has 2 N–H and O–H groups in total. The highest BCUT2D eigenvalue weighted by molar-refractivity contribution is 8.00. The van der Waals surface area contributed by atoms with E-state index in [-0.39, 0.29) is 11.8 Å². The number of rotatable bonds is 7. The fraction of sp³-hybridized carbons (Fsp3) is 0.300. The van der Waals surface area contributed by atoms with E-state index in [1.54, 1.807) is 0 Å². The summed E-state index contributed by atoms with van der Waals surface area (Å²) in [6, 6.07) is 13.4. The molecule has 0 radical (unpaired) electrons. The van der Waals surface area contributed by atoms with Gasteiger partial charge in [-0.25, -0.2) is 0 Å². The van der Waals surface area contributed by atoms with Crippen LogP contribution < -0.4 is 10.6 Å². The van der Waals surface area contributed by atoms with Crippen molar-refractivity contribution < 1.29 is 9.59 Å². The van der Waals surface area contributed by atoms with Crippen LogP contribution >= 0.6 is 11.8 Å². The standard InChI is InChI=1S/C20H24N2O2S/c1-4-6-19(23)21-16-7-5-8-18(12-16)25-13-20(24)22-17-10-9-14(2)15(3)11-17/h5,7-12H,4,6,13H2,1-3H3,(H,21,23)(H,22,24). The molecule has 2 aromatic rings. The summed E-state index contributed by atoms with van der Waals surface area (Å²) in [4.78, 5) is 24.7. The van der Waals surface area contributed by atoms with Crippen molar-refractivity contribution >= 4 is 35.0 Å². The molecule has 0 unspecified atom stereocenters. The van der Waals surface area contributed by atoms with Crippen LogP contribution in [0, 0.1) is 13.8 Å². The molecule has 2 rings (SSSR count). The van der Waals surface area contributed by atoms with E-state index in [1.165, 1.54) is 17.3 Å². The highest BCUT2D eigenvalue weighted by atomic mass is 32.2. The molecule has 2 aromatic carbocycles. The zero-order valence-corrected chi connectivity index (χ0v) is 15.7. The van der Waals surface area contributed by atoms with Gasteiger partial charge in [0.2, 0.25) is 11.8 Å². The fourth-order valence-electron chi connectivity index (χ4n) is 2.28. The van der Waals surface area contributed by atoms with Crippen molar-refractivity contribution in [2.24, 2.45) is 0 Å². The van der Waals surface area contributed by atoms with Crippen LogP contribution in [0.2, 0.25) is 0 Å². The largest absolute Gasteiger partial charge is 0.326 e. The van der Waals surface area contributed by atoms with E-state index in [1.807, 2.05) is 63.2 Å². The first-order valence-corrected chi connectivity index (χ1v) is 9.36. The topological polar surface area (TPSA) is 58.2 Å². The van der Waals surface area contributed by atoms with Gasteiger partial charge >= 0.3 is 0 Å². The van der Waals surface area contributed by atoms with Crippen molar-refractivity contribution in [3.63, 3.8) is 0 Å². The van der Waals surface area contributed by atoms with Crippen LogP contribution in [-0.2, 0) is 9.59 Å². The third-order valence-electron chi connectivity index (χ3n) is 3.76. The number of amides is 2. The van der Waals surface area contributed by atoms with Crippen molar-refractivity contribution in [1.29, 1.82) is 0 Å². The number of benzene rings is 2. The molecule has 4 nitrogen and oxygen atoms in total. The zero-order chi connectivity index (χ0) is 18.2. The number of carbonyl (C=O) groups is 2. The highest BCUT2D eigenvalue weighted by Gasteiger charge is 2.06. The molecule has 0 aromatic heterocycles. The van der Waals surface area contributed by atoms with Crippen molar-refractivity contribution in [3.05, 3.63) is 53.6 Å². The van der Waals surface area contributed by atoms with Crippen molar-refractivity contribution in [2.45, 2.75) is 38.5 Å². The van der Waals surface area contributed by atoms with Gasteiger partial charge in [0.1, 0.15) is 0 Å². The van der Waals surface area contributed by atoms with Crippen molar-refractivity contribution in [2.75, 3.05) is 16.4 Å². The molecule has 0 atom stereocenters. The van der Waals surface area contributed by atoms with E-state index in [0.29, 0.717) is 12.2 Å². The van der Waals surface area contributed by atoms with Crippen LogP contribution in [0.4, 0.5) is 11.4 Å². The second kappa shape index (κ2) is 9.28. The first kappa shape index (κ1) is 19.1. The highest BCUT2D eigenvalue weighted by Crippen LogP contribution is 2.22. The molecular weight excluding hydrogens is 332 g/mol. The maximum atomic E-state index is 12.1. The van der Waals surface area contributed by atoms with Crippen LogP contribution in [-0.4, -0.2) is 17.6 Å².